The highest BCUT2D eigenvalue weighted by molar-refractivity contribution is 7.81. The average Bonchev–Trinajstić information content (AvgIpc) is 2.09. The van der Waals surface area contributed by atoms with Crippen LogP contribution >= 0.6 is 12.6 Å². The number of carbonyl (C=O) groups excluding carboxylic acids is 1. The van der Waals surface area contributed by atoms with Crippen LogP contribution in [0.15, 0.2) is 0 Å². The summed E-state index contributed by atoms with van der Waals surface area (Å²) in [5, 5.41) is 2.47. The Hall–Kier alpha value is -0.250. The van der Waals surface area contributed by atoms with Crippen molar-refractivity contribution in [2.24, 2.45) is 0 Å². The fourth-order valence-electron chi connectivity index (χ4n) is 1.11. The van der Waals surface area contributed by atoms with Crippen molar-refractivity contribution in [2.75, 3.05) is 6.67 Å². The number of halogens is 1. The Labute approximate surface area is 84.7 Å². The van der Waals surface area contributed by atoms with Gasteiger partial charge in [-0.3, -0.25) is 4.79 Å². The molecule has 78 valence electrons. The van der Waals surface area contributed by atoms with E-state index in [9.17, 15) is 9.18 Å². The van der Waals surface area contributed by atoms with Crippen LogP contribution in [0.25, 0.3) is 0 Å². The van der Waals surface area contributed by atoms with Gasteiger partial charge in [0.25, 0.3) is 0 Å². The first kappa shape index (κ1) is 12.8. The molecule has 1 unspecified atom stereocenters. The number of alkyl halides is 1. The van der Waals surface area contributed by atoms with Crippen molar-refractivity contribution in [2.45, 2.75) is 44.4 Å². The molecule has 0 fully saturated rings. The van der Waals surface area contributed by atoms with E-state index in [1.165, 1.54) is 6.92 Å². The molecule has 0 aliphatic rings. The fourth-order valence-corrected chi connectivity index (χ4v) is 1.45. The highest BCUT2D eigenvalue weighted by Crippen LogP contribution is 2.11. The lowest BCUT2D eigenvalue weighted by molar-refractivity contribution is -0.119. The van der Waals surface area contributed by atoms with Gasteiger partial charge in [-0.15, -0.1) is 0 Å². The molecule has 0 aliphatic heterocycles. The minimum Gasteiger partial charge on any atom is -0.350 e. The molecule has 0 aliphatic carbocycles. The molecule has 13 heavy (non-hydrogen) atoms. The Kier molecular flexibility index (Phi) is 7.04. The zero-order valence-corrected chi connectivity index (χ0v) is 9.11. The summed E-state index contributed by atoms with van der Waals surface area (Å²) in [6, 6.07) is -0.438. The van der Waals surface area contributed by atoms with E-state index < -0.39 is 12.7 Å². The second kappa shape index (κ2) is 7.18. The molecule has 0 aromatic heterocycles. The van der Waals surface area contributed by atoms with Gasteiger partial charge in [0.1, 0.15) is 6.67 Å². The average molecular weight is 207 g/mol. The van der Waals surface area contributed by atoms with Crippen molar-refractivity contribution in [1.82, 2.24) is 5.32 Å². The molecule has 0 aromatic carbocycles. The first-order valence-corrected chi connectivity index (χ1v) is 5.14. The van der Waals surface area contributed by atoms with Crippen molar-refractivity contribution in [1.29, 1.82) is 0 Å². The number of carbonyl (C=O) groups is 1. The van der Waals surface area contributed by atoms with Gasteiger partial charge in [0.2, 0.25) is 5.91 Å². The van der Waals surface area contributed by atoms with Crippen LogP contribution in [0, 0.1) is 0 Å². The molecule has 0 radical (unpaired) electrons. The van der Waals surface area contributed by atoms with Crippen LogP contribution in [0.2, 0.25) is 0 Å². The number of amides is 1. The van der Waals surface area contributed by atoms with Gasteiger partial charge in [0.15, 0.2) is 0 Å². The van der Waals surface area contributed by atoms with Crippen molar-refractivity contribution in [3.05, 3.63) is 0 Å². The second-order valence-corrected chi connectivity index (χ2v) is 3.83. The smallest absolute Gasteiger partial charge is 0.217 e. The van der Waals surface area contributed by atoms with Gasteiger partial charge in [-0.1, -0.05) is 19.8 Å². The Morgan fingerprint density at radius 1 is 1.62 bits per heavy atom. The molecule has 0 aromatic rings. The Balaban J connectivity index is 3.84. The lowest BCUT2D eigenvalue weighted by atomic mass is 10.1. The van der Waals surface area contributed by atoms with E-state index in [-0.39, 0.29) is 11.2 Å². The molecule has 1 N–H and O–H groups in total. The first-order valence-electron chi connectivity index (χ1n) is 4.63. The fraction of sp³-hybridized carbons (Fsp3) is 0.889. The van der Waals surface area contributed by atoms with Gasteiger partial charge in [-0.25, -0.2) is 4.39 Å². The molecule has 0 bridgehead atoms. The zero-order chi connectivity index (χ0) is 10.3. The third-order valence-corrected chi connectivity index (χ3v) is 2.49. The lowest BCUT2D eigenvalue weighted by Gasteiger charge is -2.20. The highest BCUT2D eigenvalue weighted by atomic mass is 32.1. The van der Waals surface area contributed by atoms with Gasteiger partial charge < -0.3 is 5.32 Å². The summed E-state index contributed by atoms with van der Waals surface area (Å²) in [5.41, 5.74) is 0. The summed E-state index contributed by atoms with van der Waals surface area (Å²) in [5.74, 6) is -0.196. The minimum absolute atomic E-state index is 0.0751. The van der Waals surface area contributed by atoms with Crippen LogP contribution in [-0.2, 0) is 4.79 Å². The van der Waals surface area contributed by atoms with E-state index in [4.69, 9.17) is 0 Å². The highest BCUT2D eigenvalue weighted by Gasteiger charge is 2.17. The molecule has 4 heteroatoms. The van der Waals surface area contributed by atoms with Gasteiger partial charge >= 0.3 is 0 Å². The number of rotatable bonds is 6. The number of nitrogens with one attached hydrogen (secondary N) is 1. The van der Waals surface area contributed by atoms with E-state index in [0.29, 0.717) is 0 Å². The number of hydrogen-bond donors (Lipinski definition) is 2. The summed E-state index contributed by atoms with van der Waals surface area (Å²) in [6.07, 6.45) is 2.93. The third kappa shape index (κ3) is 5.91. The van der Waals surface area contributed by atoms with Crippen molar-refractivity contribution < 1.29 is 9.18 Å². The summed E-state index contributed by atoms with van der Waals surface area (Å²) in [7, 11) is 0. The van der Waals surface area contributed by atoms with Crippen LogP contribution in [0.5, 0.6) is 0 Å². The normalized spacial score (nSPS) is 15.1. The first-order chi connectivity index (χ1) is 6.11. The molecule has 0 saturated carbocycles. The van der Waals surface area contributed by atoms with Gasteiger partial charge in [0.05, 0.1) is 6.04 Å². The predicted octanol–water partition coefficient (Wildman–Crippen LogP) is 1.95. The maximum absolute atomic E-state index is 12.4. The molecular weight excluding hydrogens is 189 g/mol. The van der Waals surface area contributed by atoms with Gasteiger partial charge in [-0.2, -0.15) is 12.6 Å². The van der Waals surface area contributed by atoms with Crippen LogP contribution < -0.4 is 5.32 Å². The number of hydrogen-bond acceptors (Lipinski definition) is 2. The summed E-state index contributed by atoms with van der Waals surface area (Å²) < 4.78 is 12.4. The molecule has 0 spiro atoms. The second-order valence-electron chi connectivity index (χ2n) is 3.17. The lowest BCUT2D eigenvalue weighted by Crippen LogP contribution is -2.41. The molecule has 1 amide bonds. The van der Waals surface area contributed by atoms with Crippen molar-refractivity contribution in [3.63, 3.8) is 0 Å². The van der Waals surface area contributed by atoms with E-state index in [0.717, 1.165) is 19.3 Å². The summed E-state index contributed by atoms with van der Waals surface area (Å²) in [6.45, 7) is 2.92. The molecule has 0 rings (SSSR count). The Bertz CT molecular complexity index is 155. The number of thiol groups is 1. The molecule has 2 nitrogen and oxygen atoms in total. The zero-order valence-electron chi connectivity index (χ0n) is 8.22. The van der Waals surface area contributed by atoms with Crippen LogP contribution in [0.4, 0.5) is 4.39 Å². The van der Waals surface area contributed by atoms with Crippen molar-refractivity contribution in [3.8, 4) is 0 Å². The minimum atomic E-state index is -0.544. The maximum Gasteiger partial charge on any atom is 0.217 e. The summed E-state index contributed by atoms with van der Waals surface area (Å²) in [4.78, 5) is 10.7. The largest absolute Gasteiger partial charge is 0.350 e. The Morgan fingerprint density at radius 2 is 2.23 bits per heavy atom. The molecule has 0 saturated heterocycles. The number of unbranched alkanes of at least 4 members (excludes halogenated alkanes) is 1. The van der Waals surface area contributed by atoms with E-state index in [2.05, 4.69) is 24.9 Å². The monoisotopic (exact) mass is 207 g/mol. The summed E-state index contributed by atoms with van der Waals surface area (Å²) >= 11 is 4.26. The molecule has 0 heterocycles. The third-order valence-electron chi connectivity index (χ3n) is 1.87. The van der Waals surface area contributed by atoms with E-state index in [1.807, 2.05) is 0 Å². The van der Waals surface area contributed by atoms with Crippen LogP contribution in [0.1, 0.15) is 33.1 Å². The maximum atomic E-state index is 12.4. The SMILES string of the molecule is CCCCC(S)[C@H](CF)NC(C)=O. The topological polar surface area (TPSA) is 29.1 Å². The predicted molar refractivity (Wildman–Crippen MR) is 55.9 cm³/mol. The molecular formula is C9H18FNOS. The van der Waals surface area contributed by atoms with E-state index >= 15 is 0 Å². The van der Waals surface area contributed by atoms with Crippen LogP contribution in [0.3, 0.4) is 0 Å². The van der Waals surface area contributed by atoms with E-state index in [1.54, 1.807) is 0 Å². The van der Waals surface area contributed by atoms with Crippen LogP contribution in [-0.4, -0.2) is 23.9 Å². The van der Waals surface area contributed by atoms with Gasteiger partial charge in [0, 0.05) is 12.2 Å². The van der Waals surface area contributed by atoms with Gasteiger partial charge in [-0.05, 0) is 6.42 Å². The van der Waals surface area contributed by atoms with Crippen molar-refractivity contribution >= 4 is 18.5 Å². The standard InChI is InChI=1S/C9H18FNOS/c1-3-4-5-9(13)8(6-10)11-7(2)12/h8-9,13H,3-6H2,1-2H3,(H,11,12)/t8-,9?/m0/s1. The Morgan fingerprint density at radius 3 is 2.62 bits per heavy atom. The molecule has 2 atom stereocenters. The quantitative estimate of drug-likeness (QED) is 0.640.